The number of imide groups is 1. The zero-order valence-electron chi connectivity index (χ0n) is 17.1. The van der Waals surface area contributed by atoms with Gasteiger partial charge in [0.2, 0.25) is 0 Å². The average Bonchev–Trinajstić information content (AvgIpc) is 3.31. The van der Waals surface area contributed by atoms with Crippen molar-refractivity contribution in [2.45, 2.75) is 20.4 Å². The van der Waals surface area contributed by atoms with Crippen LogP contribution in [0, 0.1) is 29.8 Å². The largest absolute Gasteiger partial charge is 0.457 e. The van der Waals surface area contributed by atoms with Crippen LogP contribution >= 0.6 is 11.8 Å². The summed E-state index contributed by atoms with van der Waals surface area (Å²) in [6.45, 7) is 3.30. The number of nitro benzene ring substituents is 1. The number of hydrogen-bond acceptors (Lipinski definition) is 6. The maximum absolute atomic E-state index is 13.9. The van der Waals surface area contributed by atoms with Crippen molar-refractivity contribution in [3.63, 3.8) is 0 Å². The highest BCUT2D eigenvalue weighted by Gasteiger charge is 2.35. The molecular weight excluding hydrogens is 435 g/mol. The Hall–Kier alpha value is -3.72. The summed E-state index contributed by atoms with van der Waals surface area (Å²) in [5, 5.41) is 10.8. The van der Waals surface area contributed by atoms with Crippen LogP contribution in [0.25, 0.3) is 17.4 Å². The quantitative estimate of drug-likeness (QED) is 0.274. The lowest BCUT2D eigenvalue weighted by Gasteiger charge is -2.12. The predicted molar refractivity (Wildman–Crippen MR) is 118 cm³/mol. The summed E-state index contributed by atoms with van der Waals surface area (Å²) >= 11 is 0.744. The monoisotopic (exact) mass is 452 g/mol. The van der Waals surface area contributed by atoms with Gasteiger partial charge in [-0.1, -0.05) is 18.2 Å². The van der Waals surface area contributed by atoms with E-state index in [9.17, 15) is 24.1 Å². The van der Waals surface area contributed by atoms with Gasteiger partial charge < -0.3 is 4.42 Å². The minimum absolute atomic E-state index is 0.00721. The number of halogens is 1. The van der Waals surface area contributed by atoms with E-state index >= 15 is 0 Å². The second kappa shape index (κ2) is 8.43. The number of nitrogens with zero attached hydrogens (tertiary/aromatic N) is 2. The minimum atomic E-state index is -0.539. The van der Waals surface area contributed by atoms with Crippen LogP contribution in [0.3, 0.4) is 0 Å². The van der Waals surface area contributed by atoms with Crippen molar-refractivity contribution < 1.29 is 23.3 Å². The number of benzene rings is 2. The van der Waals surface area contributed by atoms with Crippen molar-refractivity contribution in [3.05, 3.63) is 91.8 Å². The molecule has 9 heteroatoms. The molecular formula is C23H17FN2O5S. The fourth-order valence-electron chi connectivity index (χ4n) is 3.32. The van der Waals surface area contributed by atoms with Crippen LogP contribution in [0.1, 0.15) is 22.5 Å². The molecule has 7 nitrogen and oxygen atoms in total. The number of thioether (sulfide) groups is 1. The van der Waals surface area contributed by atoms with Gasteiger partial charge in [0.25, 0.3) is 16.8 Å². The molecule has 2 heterocycles. The van der Waals surface area contributed by atoms with Gasteiger partial charge in [0, 0.05) is 28.8 Å². The number of furan rings is 1. The van der Waals surface area contributed by atoms with Gasteiger partial charge in [0.05, 0.1) is 16.4 Å². The van der Waals surface area contributed by atoms with Crippen molar-refractivity contribution in [1.29, 1.82) is 0 Å². The number of nitro groups is 1. The zero-order valence-corrected chi connectivity index (χ0v) is 17.9. The van der Waals surface area contributed by atoms with E-state index in [1.54, 1.807) is 38.1 Å². The highest BCUT2D eigenvalue weighted by Crippen LogP contribution is 2.35. The fraction of sp³-hybridized carbons (Fsp3) is 0.130. The summed E-state index contributed by atoms with van der Waals surface area (Å²) in [7, 11) is 0. The first-order valence-corrected chi connectivity index (χ1v) is 10.4. The number of carbonyl (C=O) groups excluding carboxylic acids is 2. The molecule has 1 fully saturated rings. The third-order valence-corrected chi connectivity index (χ3v) is 6.09. The van der Waals surface area contributed by atoms with Gasteiger partial charge >= 0.3 is 0 Å². The van der Waals surface area contributed by atoms with Crippen molar-refractivity contribution in [3.8, 4) is 11.3 Å². The molecule has 4 rings (SSSR count). The Labute approximate surface area is 186 Å². The van der Waals surface area contributed by atoms with E-state index in [2.05, 4.69) is 0 Å². The Morgan fingerprint density at radius 2 is 1.91 bits per heavy atom. The molecule has 0 aliphatic carbocycles. The van der Waals surface area contributed by atoms with Gasteiger partial charge in [-0.15, -0.1) is 0 Å². The molecule has 0 unspecified atom stereocenters. The molecule has 162 valence electrons. The van der Waals surface area contributed by atoms with Gasteiger partial charge in [-0.3, -0.25) is 24.6 Å². The Morgan fingerprint density at radius 1 is 1.16 bits per heavy atom. The summed E-state index contributed by atoms with van der Waals surface area (Å²) < 4.78 is 19.7. The molecule has 0 N–H and O–H groups in total. The van der Waals surface area contributed by atoms with Crippen LogP contribution in [-0.4, -0.2) is 21.0 Å². The summed E-state index contributed by atoms with van der Waals surface area (Å²) in [5.41, 5.74) is 2.10. The van der Waals surface area contributed by atoms with Crippen molar-refractivity contribution in [2.24, 2.45) is 0 Å². The molecule has 0 bridgehead atoms. The molecule has 0 saturated carbocycles. The first-order valence-electron chi connectivity index (χ1n) is 9.59. The maximum atomic E-state index is 13.9. The standard InChI is InChI=1S/C23H17FN2O5S/c1-13-9-16(10-19(14(13)2)26(29)30)20-8-7-17(31-20)11-21-22(27)25(23(28)32-21)12-15-5-3-4-6-18(15)24/h3-11H,12H2,1-2H3. The maximum Gasteiger partial charge on any atom is 0.293 e. The summed E-state index contributed by atoms with van der Waals surface area (Å²) in [6.07, 6.45) is 1.44. The third kappa shape index (κ3) is 4.06. The number of hydrogen-bond donors (Lipinski definition) is 0. The van der Waals surface area contributed by atoms with Crippen LogP contribution in [-0.2, 0) is 11.3 Å². The molecule has 2 aromatic carbocycles. The van der Waals surface area contributed by atoms with Crippen molar-refractivity contribution in [1.82, 2.24) is 4.90 Å². The van der Waals surface area contributed by atoms with Crippen LogP contribution in [0.4, 0.5) is 14.9 Å². The Balaban J connectivity index is 1.59. The molecule has 1 aliphatic heterocycles. The fourth-order valence-corrected chi connectivity index (χ4v) is 4.14. The van der Waals surface area contributed by atoms with Gasteiger partial charge in [-0.05, 0) is 55.4 Å². The van der Waals surface area contributed by atoms with E-state index in [4.69, 9.17) is 4.42 Å². The topological polar surface area (TPSA) is 93.7 Å². The normalized spacial score (nSPS) is 15.1. The molecule has 0 atom stereocenters. The summed E-state index contributed by atoms with van der Waals surface area (Å²) in [5.74, 6) is -0.318. The molecule has 3 aromatic rings. The SMILES string of the molecule is Cc1cc(-c2ccc(C=C3SC(=O)N(Cc4ccccc4F)C3=O)o2)cc([N+](=O)[O-])c1C. The highest BCUT2D eigenvalue weighted by atomic mass is 32.2. The molecule has 1 saturated heterocycles. The van der Waals surface area contributed by atoms with Crippen LogP contribution in [0.2, 0.25) is 0 Å². The van der Waals surface area contributed by atoms with Gasteiger partial charge in [0.1, 0.15) is 17.3 Å². The van der Waals surface area contributed by atoms with Crippen LogP contribution < -0.4 is 0 Å². The first kappa shape index (κ1) is 21.5. The molecule has 0 spiro atoms. The van der Waals surface area contributed by atoms with Crippen molar-refractivity contribution in [2.75, 3.05) is 0 Å². The lowest BCUT2D eigenvalue weighted by Crippen LogP contribution is -2.27. The second-order valence-corrected chi connectivity index (χ2v) is 8.25. The lowest BCUT2D eigenvalue weighted by molar-refractivity contribution is -0.385. The van der Waals surface area contributed by atoms with Crippen LogP contribution in [0.15, 0.2) is 57.9 Å². The van der Waals surface area contributed by atoms with E-state index < -0.39 is 21.9 Å². The Morgan fingerprint density at radius 3 is 2.62 bits per heavy atom. The molecule has 1 aromatic heterocycles. The van der Waals surface area contributed by atoms with E-state index in [1.165, 1.54) is 30.3 Å². The van der Waals surface area contributed by atoms with E-state index in [-0.39, 0.29) is 22.7 Å². The molecule has 0 radical (unpaired) electrons. The minimum Gasteiger partial charge on any atom is -0.457 e. The second-order valence-electron chi connectivity index (χ2n) is 7.26. The van der Waals surface area contributed by atoms with Crippen molar-refractivity contribution >= 4 is 34.7 Å². The molecule has 32 heavy (non-hydrogen) atoms. The van der Waals surface area contributed by atoms with Crippen LogP contribution in [0.5, 0.6) is 0 Å². The van der Waals surface area contributed by atoms with Gasteiger partial charge in [-0.25, -0.2) is 4.39 Å². The average molecular weight is 452 g/mol. The number of aryl methyl sites for hydroxylation is 1. The van der Waals surface area contributed by atoms with E-state index in [1.807, 2.05) is 0 Å². The van der Waals surface area contributed by atoms with E-state index in [0.717, 1.165) is 22.2 Å². The predicted octanol–water partition coefficient (Wildman–Crippen LogP) is 5.85. The molecule has 2 amide bonds. The first-order chi connectivity index (χ1) is 15.2. The Kier molecular flexibility index (Phi) is 5.67. The number of rotatable bonds is 5. The Bertz CT molecular complexity index is 1300. The van der Waals surface area contributed by atoms with Gasteiger partial charge in [-0.2, -0.15) is 0 Å². The number of carbonyl (C=O) groups is 2. The highest BCUT2D eigenvalue weighted by molar-refractivity contribution is 8.18. The molecule has 1 aliphatic rings. The third-order valence-electron chi connectivity index (χ3n) is 5.18. The number of amides is 2. The smallest absolute Gasteiger partial charge is 0.293 e. The summed E-state index contributed by atoms with van der Waals surface area (Å²) in [4.78, 5) is 37.0. The van der Waals surface area contributed by atoms with Gasteiger partial charge in [0.15, 0.2) is 0 Å². The summed E-state index contributed by atoms with van der Waals surface area (Å²) in [6, 6.07) is 12.4. The van der Waals surface area contributed by atoms with E-state index in [0.29, 0.717) is 22.6 Å². The zero-order chi connectivity index (χ0) is 23.0. The lowest BCUT2D eigenvalue weighted by atomic mass is 10.0.